The minimum atomic E-state index is 0.707. The Kier molecular flexibility index (Phi) is 5.68. The summed E-state index contributed by atoms with van der Waals surface area (Å²) in [4.78, 5) is 10.4. The molecule has 206 valence electrons. The highest BCUT2D eigenvalue weighted by atomic mass is 32.1. The first kappa shape index (κ1) is 25.0. The Balaban J connectivity index is 1.49. The summed E-state index contributed by atoms with van der Waals surface area (Å²) < 4.78 is 4.92. The molecule has 0 saturated heterocycles. The van der Waals surface area contributed by atoms with Crippen molar-refractivity contribution in [1.29, 1.82) is 0 Å². The van der Waals surface area contributed by atoms with E-state index < -0.39 is 0 Å². The SMILES string of the molecule is c1ccc(-c2cc(-n3c4ccccc4c4c(-c5ccccc5)cc5sc6ccccc6c5c43)nc(-c3ccccc3)n2)cc1. The Morgan fingerprint density at radius 1 is 0.477 bits per heavy atom. The number of hydrogen-bond acceptors (Lipinski definition) is 3. The fraction of sp³-hybridized carbons (Fsp3) is 0. The summed E-state index contributed by atoms with van der Waals surface area (Å²) in [7, 11) is 0. The summed E-state index contributed by atoms with van der Waals surface area (Å²) in [5.74, 6) is 1.56. The van der Waals surface area contributed by atoms with Crippen LogP contribution in [0, 0.1) is 0 Å². The number of hydrogen-bond donors (Lipinski definition) is 0. The van der Waals surface area contributed by atoms with Crippen LogP contribution < -0.4 is 0 Å². The van der Waals surface area contributed by atoms with Crippen molar-refractivity contribution in [2.24, 2.45) is 0 Å². The van der Waals surface area contributed by atoms with Crippen molar-refractivity contribution >= 4 is 53.3 Å². The van der Waals surface area contributed by atoms with Crippen LogP contribution in [0.15, 0.2) is 152 Å². The molecular formula is C40H25N3S. The Bertz CT molecular complexity index is 2420. The molecule has 44 heavy (non-hydrogen) atoms. The molecule has 0 atom stereocenters. The number of aromatic nitrogens is 3. The average molecular weight is 580 g/mol. The molecule has 0 saturated carbocycles. The lowest BCUT2D eigenvalue weighted by atomic mass is 9.97. The van der Waals surface area contributed by atoms with E-state index in [2.05, 4.69) is 132 Å². The normalized spacial score (nSPS) is 11.6. The number of fused-ring (bicyclic) bond motifs is 7. The summed E-state index contributed by atoms with van der Waals surface area (Å²) in [6, 6.07) is 53.5. The molecule has 9 rings (SSSR count). The summed E-state index contributed by atoms with van der Waals surface area (Å²) in [6.45, 7) is 0. The smallest absolute Gasteiger partial charge is 0.162 e. The van der Waals surface area contributed by atoms with Gasteiger partial charge in [-0.25, -0.2) is 9.97 Å². The van der Waals surface area contributed by atoms with E-state index in [0.717, 1.165) is 28.2 Å². The zero-order valence-electron chi connectivity index (χ0n) is 23.7. The van der Waals surface area contributed by atoms with Crippen molar-refractivity contribution in [3.63, 3.8) is 0 Å². The predicted molar refractivity (Wildman–Crippen MR) is 186 cm³/mol. The Hall–Kier alpha value is -5.58. The summed E-state index contributed by atoms with van der Waals surface area (Å²) in [5, 5.41) is 4.98. The Labute approximate surface area is 258 Å². The molecule has 6 aromatic carbocycles. The lowest BCUT2D eigenvalue weighted by Gasteiger charge is -2.13. The van der Waals surface area contributed by atoms with Gasteiger partial charge in [-0.05, 0) is 29.3 Å². The quantitative estimate of drug-likeness (QED) is 0.208. The first-order valence-electron chi connectivity index (χ1n) is 14.8. The molecule has 9 aromatic rings. The maximum absolute atomic E-state index is 5.30. The molecule has 3 heterocycles. The molecule has 0 spiro atoms. The van der Waals surface area contributed by atoms with Crippen molar-refractivity contribution < 1.29 is 0 Å². The van der Waals surface area contributed by atoms with E-state index >= 15 is 0 Å². The zero-order valence-corrected chi connectivity index (χ0v) is 24.5. The first-order chi connectivity index (χ1) is 21.8. The highest BCUT2D eigenvalue weighted by Gasteiger charge is 2.23. The van der Waals surface area contributed by atoms with Gasteiger partial charge in [0.15, 0.2) is 5.82 Å². The van der Waals surface area contributed by atoms with Gasteiger partial charge in [-0.2, -0.15) is 0 Å². The van der Waals surface area contributed by atoms with Gasteiger partial charge in [-0.3, -0.25) is 4.57 Å². The fourth-order valence-corrected chi connectivity index (χ4v) is 7.62. The third-order valence-corrected chi connectivity index (χ3v) is 9.52. The molecule has 3 nitrogen and oxygen atoms in total. The molecule has 4 heteroatoms. The highest BCUT2D eigenvalue weighted by molar-refractivity contribution is 7.26. The standard InChI is InChI=1S/C40H25N3S/c1-4-14-26(15-5-1)31-24-35-38(30-21-11-13-23-34(30)44-35)39-37(31)29-20-10-12-22-33(29)43(39)36-25-32(27-16-6-2-7-17-27)41-40(42-36)28-18-8-3-9-19-28/h1-25H. The van der Waals surface area contributed by atoms with Gasteiger partial charge >= 0.3 is 0 Å². The molecule has 0 N–H and O–H groups in total. The molecule has 0 aliphatic rings. The van der Waals surface area contributed by atoms with Gasteiger partial charge in [0.05, 0.1) is 16.7 Å². The monoisotopic (exact) mass is 579 g/mol. The maximum atomic E-state index is 5.30. The molecule has 0 fully saturated rings. The van der Waals surface area contributed by atoms with Crippen LogP contribution in [-0.4, -0.2) is 14.5 Å². The second kappa shape index (κ2) is 10.0. The lowest BCUT2D eigenvalue weighted by molar-refractivity contribution is 1.05. The molecule has 0 aliphatic carbocycles. The number of benzene rings is 6. The van der Waals surface area contributed by atoms with E-state index in [9.17, 15) is 0 Å². The number of para-hydroxylation sites is 1. The summed E-state index contributed by atoms with van der Waals surface area (Å²) >= 11 is 1.85. The van der Waals surface area contributed by atoms with E-state index in [1.165, 1.54) is 47.6 Å². The average Bonchev–Trinajstić information content (AvgIpc) is 3.65. The maximum Gasteiger partial charge on any atom is 0.162 e. The Morgan fingerprint density at radius 3 is 1.84 bits per heavy atom. The van der Waals surface area contributed by atoms with Gasteiger partial charge in [0.2, 0.25) is 0 Å². The van der Waals surface area contributed by atoms with Gasteiger partial charge in [-0.1, -0.05) is 127 Å². The van der Waals surface area contributed by atoms with E-state index in [-0.39, 0.29) is 0 Å². The van der Waals surface area contributed by atoms with Gasteiger partial charge in [-0.15, -0.1) is 11.3 Å². The third kappa shape index (κ3) is 3.89. The minimum Gasteiger partial charge on any atom is -0.293 e. The molecule has 0 bridgehead atoms. The van der Waals surface area contributed by atoms with Crippen molar-refractivity contribution in [2.45, 2.75) is 0 Å². The number of rotatable bonds is 4. The van der Waals surface area contributed by atoms with Gasteiger partial charge in [0.1, 0.15) is 5.82 Å². The van der Waals surface area contributed by atoms with Crippen LogP contribution in [0.1, 0.15) is 0 Å². The van der Waals surface area contributed by atoms with Crippen molar-refractivity contribution in [1.82, 2.24) is 14.5 Å². The second-order valence-corrected chi connectivity index (χ2v) is 12.1. The minimum absolute atomic E-state index is 0.707. The van der Waals surface area contributed by atoms with Crippen LogP contribution in [-0.2, 0) is 0 Å². The van der Waals surface area contributed by atoms with Crippen LogP contribution in [0.2, 0.25) is 0 Å². The van der Waals surface area contributed by atoms with E-state index in [1.54, 1.807) is 0 Å². The van der Waals surface area contributed by atoms with Gasteiger partial charge in [0.25, 0.3) is 0 Å². The zero-order chi connectivity index (χ0) is 29.0. The first-order valence-corrected chi connectivity index (χ1v) is 15.6. The van der Waals surface area contributed by atoms with E-state index in [1.807, 2.05) is 35.6 Å². The predicted octanol–water partition coefficient (Wildman–Crippen LogP) is 10.9. The molecule has 0 radical (unpaired) electrons. The van der Waals surface area contributed by atoms with Crippen LogP contribution in [0.3, 0.4) is 0 Å². The highest BCUT2D eigenvalue weighted by Crippen LogP contribution is 2.47. The van der Waals surface area contributed by atoms with E-state index in [0.29, 0.717) is 5.82 Å². The van der Waals surface area contributed by atoms with Crippen molar-refractivity contribution in [2.75, 3.05) is 0 Å². The van der Waals surface area contributed by atoms with Crippen LogP contribution in [0.5, 0.6) is 0 Å². The van der Waals surface area contributed by atoms with Crippen LogP contribution in [0.4, 0.5) is 0 Å². The molecule has 0 aliphatic heterocycles. The lowest BCUT2D eigenvalue weighted by Crippen LogP contribution is -2.02. The number of thiophene rings is 1. The van der Waals surface area contributed by atoms with Crippen LogP contribution >= 0.6 is 11.3 Å². The van der Waals surface area contributed by atoms with Gasteiger partial charge in [0, 0.05) is 48.1 Å². The molecule has 0 unspecified atom stereocenters. The van der Waals surface area contributed by atoms with Crippen LogP contribution in [0.25, 0.3) is 81.6 Å². The third-order valence-electron chi connectivity index (χ3n) is 8.41. The van der Waals surface area contributed by atoms with E-state index in [4.69, 9.17) is 9.97 Å². The van der Waals surface area contributed by atoms with Crippen molar-refractivity contribution in [3.05, 3.63) is 152 Å². The molecule has 3 aromatic heterocycles. The van der Waals surface area contributed by atoms with Gasteiger partial charge < -0.3 is 0 Å². The molecule has 0 amide bonds. The summed E-state index contributed by atoms with van der Waals surface area (Å²) in [6.07, 6.45) is 0. The summed E-state index contributed by atoms with van der Waals surface area (Å²) in [5.41, 5.74) is 7.68. The number of nitrogens with zero attached hydrogens (tertiary/aromatic N) is 3. The topological polar surface area (TPSA) is 30.7 Å². The Morgan fingerprint density at radius 2 is 1.09 bits per heavy atom. The fourth-order valence-electron chi connectivity index (χ4n) is 6.47. The second-order valence-electron chi connectivity index (χ2n) is 11.0. The largest absolute Gasteiger partial charge is 0.293 e. The molecular weight excluding hydrogens is 555 g/mol. The van der Waals surface area contributed by atoms with Crippen molar-refractivity contribution in [3.8, 4) is 39.6 Å².